The maximum atomic E-state index is 12.5. The number of amides is 1. The van der Waals surface area contributed by atoms with Crippen LogP contribution in [0.1, 0.15) is 63.2 Å². The molecule has 5 nitrogen and oxygen atoms in total. The summed E-state index contributed by atoms with van der Waals surface area (Å²) in [6.07, 6.45) is 0.579. The second-order valence-electron chi connectivity index (χ2n) is 5.48. The molecule has 0 atom stereocenters. The Balaban J connectivity index is 2.35. The predicted octanol–water partition coefficient (Wildman–Crippen LogP) is 3.54. The van der Waals surface area contributed by atoms with E-state index in [1.165, 1.54) is 13.8 Å². The Hall–Kier alpha value is -2.69. The van der Waals surface area contributed by atoms with Crippen molar-refractivity contribution in [2.45, 2.75) is 34.1 Å². The number of benzene rings is 1. The smallest absolute Gasteiger partial charge is 0.272 e. The van der Waals surface area contributed by atoms with E-state index in [-0.39, 0.29) is 17.5 Å². The van der Waals surface area contributed by atoms with Crippen LogP contribution in [0.25, 0.3) is 0 Å². The highest BCUT2D eigenvalue weighted by Gasteiger charge is 2.21. The lowest BCUT2D eigenvalue weighted by molar-refractivity contribution is 0.100. The van der Waals surface area contributed by atoms with E-state index in [9.17, 15) is 14.4 Å². The number of Topliss-reactive ketones (excluding diaryl/α,β-unsaturated/α-hetero) is 2. The molecule has 0 spiro atoms. The third-order valence-electron chi connectivity index (χ3n) is 3.75. The Bertz CT molecular complexity index is 788. The van der Waals surface area contributed by atoms with Crippen molar-refractivity contribution in [1.29, 1.82) is 0 Å². The van der Waals surface area contributed by atoms with Gasteiger partial charge in [0.1, 0.15) is 5.69 Å². The third kappa shape index (κ3) is 3.39. The molecule has 2 rings (SSSR count). The van der Waals surface area contributed by atoms with Gasteiger partial charge in [-0.1, -0.05) is 19.1 Å². The van der Waals surface area contributed by atoms with Crippen LogP contribution in [0.2, 0.25) is 0 Å². The molecule has 2 N–H and O–H groups in total. The van der Waals surface area contributed by atoms with Crippen LogP contribution in [-0.4, -0.2) is 22.5 Å². The second kappa shape index (κ2) is 6.60. The molecule has 0 radical (unpaired) electrons. The van der Waals surface area contributed by atoms with Crippen molar-refractivity contribution in [2.75, 3.05) is 5.32 Å². The van der Waals surface area contributed by atoms with Crippen LogP contribution in [-0.2, 0) is 6.42 Å². The quantitative estimate of drug-likeness (QED) is 0.829. The average molecular weight is 312 g/mol. The fourth-order valence-corrected chi connectivity index (χ4v) is 2.71. The fraction of sp³-hybridized carbons (Fsp3) is 0.278. The summed E-state index contributed by atoms with van der Waals surface area (Å²) in [5, 5.41) is 2.77. The van der Waals surface area contributed by atoms with Crippen molar-refractivity contribution in [3.63, 3.8) is 0 Å². The highest BCUT2D eigenvalue weighted by atomic mass is 16.2. The van der Waals surface area contributed by atoms with Crippen LogP contribution >= 0.6 is 0 Å². The number of ketones is 2. The minimum absolute atomic E-state index is 0.0618. The molecule has 0 saturated heterocycles. The SMILES string of the molecule is CCc1c(C(=O)Nc2cccc(C(C)=O)c2)[nH]c(C)c1C(C)=O. The van der Waals surface area contributed by atoms with E-state index >= 15 is 0 Å². The molecule has 1 aromatic heterocycles. The predicted molar refractivity (Wildman–Crippen MR) is 89.3 cm³/mol. The zero-order valence-corrected chi connectivity index (χ0v) is 13.7. The Morgan fingerprint density at radius 1 is 1.13 bits per heavy atom. The van der Waals surface area contributed by atoms with Gasteiger partial charge in [0, 0.05) is 22.5 Å². The maximum absolute atomic E-state index is 12.5. The monoisotopic (exact) mass is 312 g/mol. The fourth-order valence-electron chi connectivity index (χ4n) is 2.71. The topological polar surface area (TPSA) is 79.0 Å². The van der Waals surface area contributed by atoms with Gasteiger partial charge in [0.25, 0.3) is 5.91 Å². The number of anilines is 1. The Morgan fingerprint density at radius 3 is 2.39 bits per heavy atom. The van der Waals surface area contributed by atoms with Gasteiger partial charge in [-0.2, -0.15) is 0 Å². The molecule has 0 aliphatic carbocycles. The Morgan fingerprint density at radius 2 is 1.83 bits per heavy atom. The average Bonchev–Trinajstić information content (AvgIpc) is 2.84. The summed E-state index contributed by atoms with van der Waals surface area (Å²) in [4.78, 5) is 38.7. The third-order valence-corrected chi connectivity index (χ3v) is 3.75. The number of carbonyl (C=O) groups is 3. The molecule has 0 bridgehead atoms. The van der Waals surface area contributed by atoms with E-state index in [1.807, 2.05) is 6.92 Å². The first kappa shape index (κ1) is 16.7. The number of carbonyl (C=O) groups excluding carboxylic acids is 3. The van der Waals surface area contributed by atoms with Gasteiger partial charge in [0.2, 0.25) is 0 Å². The van der Waals surface area contributed by atoms with Crippen molar-refractivity contribution < 1.29 is 14.4 Å². The molecule has 0 aliphatic rings. The van der Waals surface area contributed by atoms with Gasteiger partial charge < -0.3 is 10.3 Å². The van der Waals surface area contributed by atoms with Gasteiger partial charge in [-0.3, -0.25) is 14.4 Å². The first-order chi connectivity index (χ1) is 10.8. The number of nitrogens with one attached hydrogen (secondary N) is 2. The number of hydrogen-bond acceptors (Lipinski definition) is 3. The van der Waals surface area contributed by atoms with Gasteiger partial charge in [0.05, 0.1) is 0 Å². The normalized spacial score (nSPS) is 10.4. The summed E-state index contributed by atoms with van der Waals surface area (Å²) in [5.41, 5.74) is 3.46. The van der Waals surface area contributed by atoms with Gasteiger partial charge in [-0.05, 0) is 44.9 Å². The van der Waals surface area contributed by atoms with E-state index in [0.717, 1.165) is 5.56 Å². The first-order valence-corrected chi connectivity index (χ1v) is 7.49. The van der Waals surface area contributed by atoms with Gasteiger partial charge in [0.15, 0.2) is 11.6 Å². The summed E-state index contributed by atoms with van der Waals surface area (Å²) >= 11 is 0. The molecule has 0 saturated carbocycles. The highest BCUT2D eigenvalue weighted by Crippen LogP contribution is 2.22. The zero-order chi connectivity index (χ0) is 17.1. The molecule has 120 valence electrons. The molecule has 0 aliphatic heterocycles. The Kier molecular flexibility index (Phi) is 4.79. The lowest BCUT2D eigenvalue weighted by Crippen LogP contribution is -2.15. The van der Waals surface area contributed by atoms with E-state index in [4.69, 9.17) is 0 Å². The van der Waals surface area contributed by atoms with Crippen LogP contribution in [0.3, 0.4) is 0 Å². The van der Waals surface area contributed by atoms with Crippen molar-refractivity contribution >= 4 is 23.2 Å². The van der Waals surface area contributed by atoms with Crippen molar-refractivity contribution in [1.82, 2.24) is 4.98 Å². The number of H-pyrrole nitrogens is 1. The number of hydrogen-bond donors (Lipinski definition) is 2. The lowest BCUT2D eigenvalue weighted by atomic mass is 10.0. The van der Waals surface area contributed by atoms with E-state index in [2.05, 4.69) is 10.3 Å². The van der Waals surface area contributed by atoms with Gasteiger partial charge in [-0.15, -0.1) is 0 Å². The van der Waals surface area contributed by atoms with Crippen molar-refractivity contribution in [2.24, 2.45) is 0 Å². The summed E-state index contributed by atoms with van der Waals surface area (Å²) in [6, 6.07) is 6.77. The highest BCUT2D eigenvalue weighted by molar-refractivity contribution is 6.08. The van der Waals surface area contributed by atoms with E-state index in [0.29, 0.717) is 34.6 Å². The number of aromatic nitrogens is 1. The molecule has 1 aromatic carbocycles. The summed E-state index contributed by atoms with van der Waals surface area (Å²) in [7, 11) is 0. The van der Waals surface area contributed by atoms with Crippen LogP contribution in [0, 0.1) is 6.92 Å². The second-order valence-corrected chi connectivity index (χ2v) is 5.48. The Labute approximate surface area is 135 Å². The molecule has 1 heterocycles. The minimum Gasteiger partial charge on any atom is -0.354 e. The summed E-state index contributed by atoms with van der Waals surface area (Å²) in [5.74, 6) is -0.448. The number of rotatable bonds is 5. The van der Waals surface area contributed by atoms with E-state index in [1.54, 1.807) is 31.2 Å². The largest absolute Gasteiger partial charge is 0.354 e. The van der Waals surface area contributed by atoms with Crippen LogP contribution in [0.4, 0.5) is 5.69 Å². The zero-order valence-electron chi connectivity index (χ0n) is 13.7. The summed E-state index contributed by atoms with van der Waals surface area (Å²) < 4.78 is 0. The number of aromatic amines is 1. The van der Waals surface area contributed by atoms with Crippen LogP contribution < -0.4 is 5.32 Å². The lowest BCUT2D eigenvalue weighted by Gasteiger charge is -2.07. The van der Waals surface area contributed by atoms with Crippen LogP contribution in [0.5, 0.6) is 0 Å². The standard InChI is InChI=1S/C18H20N2O3/c1-5-15-16(12(4)22)10(2)19-17(15)18(23)20-14-8-6-7-13(9-14)11(3)21/h6-9,19H,5H2,1-4H3,(H,20,23). The van der Waals surface area contributed by atoms with Crippen molar-refractivity contribution in [3.8, 4) is 0 Å². The number of aryl methyl sites for hydroxylation is 1. The molecule has 23 heavy (non-hydrogen) atoms. The van der Waals surface area contributed by atoms with Crippen molar-refractivity contribution in [3.05, 3.63) is 52.3 Å². The summed E-state index contributed by atoms with van der Waals surface area (Å²) in [6.45, 7) is 6.65. The molecular weight excluding hydrogens is 292 g/mol. The molecule has 2 aromatic rings. The molecule has 1 amide bonds. The molecule has 0 unspecified atom stereocenters. The molecule has 5 heteroatoms. The van der Waals surface area contributed by atoms with Gasteiger partial charge in [-0.25, -0.2) is 0 Å². The molecular formula is C18H20N2O3. The maximum Gasteiger partial charge on any atom is 0.272 e. The van der Waals surface area contributed by atoms with E-state index < -0.39 is 0 Å². The van der Waals surface area contributed by atoms with Gasteiger partial charge >= 0.3 is 0 Å². The first-order valence-electron chi connectivity index (χ1n) is 7.49. The minimum atomic E-state index is -0.321. The van der Waals surface area contributed by atoms with Crippen LogP contribution in [0.15, 0.2) is 24.3 Å². The molecule has 0 fully saturated rings.